The van der Waals surface area contributed by atoms with Crippen LogP contribution in [0.2, 0.25) is 0 Å². The van der Waals surface area contributed by atoms with Crippen molar-refractivity contribution in [1.82, 2.24) is 0 Å². The van der Waals surface area contributed by atoms with Crippen LogP contribution in [0.15, 0.2) is 12.7 Å². The van der Waals surface area contributed by atoms with Crippen molar-refractivity contribution in [2.45, 2.75) is 6.42 Å². The van der Waals surface area contributed by atoms with E-state index in [2.05, 4.69) is 6.58 Å². The summed E-state index contributed by atoms with van der Waals surface area (Å²) in [6.07, 6.45) is 1.40. The third-order valence-corrected chi connectivity index (χ3v) is 2.73. The van der Waals surface area contributed by atoms with Gasteiger partial charge in [0.2, 0.25) is 0 Å². The highest BCUT2D eigenvalue weighted by atomic mass is 32.2. The van der Waals surface area contributed by atoms with Gasteiger partial charge in [0.15, 0.2) is 0 Å². The Hall–Kier alpha value is -0.920. The van der Waals surface area contributed by atoms with Crippen LogP contribution in [-0.2, 0) is 19.6 Å². The number of likely N-dealkylation sites (N-methyl/N-ethyl adjacent to an activating group) is 1. The van der Waals surface area contributed by atoms with E-state index in [1.165, 1.54) is 0 Å². The van der Waals surface area contributed by atoms with Gasteiger partial charge in [-0.3, -0.25) is 0 Å². The Balaban J connectivity index is 3.56. The summed E-state index contributed by atoms with van der Waals surface area (Å²) < 4.78 is 35.7. The maximum Gasteiger partial charge on any atom is 0.330 e. The molecule has 6 nitrogen and oxygen atoms in total. The van der Waals surface area contributed by atoms with E-state index in [9.17, 15) is 17.8 Å². The van der Waals surface area contributed by atoms with Gasteiger partial charge in [-0.25, -0.2) is 13.2 Å². The van der Waals surface area contributed by atoms with Crippen molar-refractivity contribution in [3.8, 4) is 0 Å². The molecule has 7 heteroatoms. The minimum Gasteiger partial charge on any atom is -0.748 e. The summed E-state index contributed by atoms with van der Waals surface area (Å²) in [7, 11) is -2.29. The van der Waals surface area contributed by atoms with Gasteiger partial charge in [0.05, 0.1) is 23.7 Å². The highest BCUT2D eigenvalue weighted by Crippen LogP contribution is 1.84. The molecule has 0 rings (SSSR count). The second-order valence-electron chi connectivity index (χ2n) is 3.44. The third-order valence-electron chi connectivity index (χ3n) is 1.94. The van der Waals surface area contributed by atoms with Crippen LogP contribution >= 0.6 is 0 Å². The van der Waals surface area contributed by atoms with Crippen LogP contribution in [0.25, 0.3) is 0 Å². The van der Waals surface area contributed by atoms with Crippen LogP contribution in [0.3, 0.4) is 0 Å². The summed E-state index contributed by atoms with van der Waals surface area (Å²) in [6.45, 7) is 4.62. The molecule has 0 aliphatic heterocycles. The molecular weight excluding hydrogens is 234 g/mol. The van der Waals surface area contributed by atoms with Gasteiger partial charge in [-0.05, 0) is 0 Å². The lowest BCUT2D eigenvalue weighted by atomic mass is 10.4. The van der Waals surface area contributed by atoms with Crippen LogP contribution in [0.1, 0.15) is 6.42 Å². The van der Waals surface area contributed by atoms with Crippen LogP contribution in [-0.4, -0.2) is 51.4 Å². The first kappa shape index (κ1) is 15.1. The second-order valence-corrected chi connectivity index (χ2v) is 4.97. The third kappa shape index (κ3) is 9.63. The average Bonchev–Trinajstić information content (AvgIpc) is 2.15. The van der Waals surface area contributed by atoms with Crippen molar-refractivity contribution < 1.29 is 27.4 Å². The zero-order chi connectivity index (χ0) is 12.6. The minimum absolute atomic E-state index is 0.251. The zero-order valence-electron chi connectivity index (χ0n) is 9.27. The first-order valence-corrected chi connectivity index (χ1v) is 6.47. The normalized spacial score (nSPS) is 13.1. The number of carbonyl (C=O) groups is 1. The van der Waals surface area contributed by atoms with Gasteiger partial charge in [0.1, 0.15) is 13.2 Å². The maximum absolute atomic E-state index is 10.7. The van der Waals surface area contributed by atoms with Crippen LogP contribution in [0.4, 0.5) is 0 Å². The highest BCUT2D eigenvalue weighted by molar-refractivity contribution is 7.85. The standard InChI is InChI=1S/C9H17NO5S/c1-3-9(11)15-7-6-10(2)5-4-8-16(12,13)14/h3H,1,4-8H2,2H3,(H,12,13,14). The SMILES string of the molecule is C=CC(=O)OCC[NH+](C)CCCS(=O)(=O)[O-]. The predicted molar refractivity (Wildman–Crippen MR) is 57.0 cm³/mol. The highest BCUT2D eigenvalue weighted by Gasteiger charge is 2.04. The topological polar surface area (TPSA) is 87.9 Å². The van der Waals surface area contributed by atoms with Crippen molar-refractivity contribution in [1.29, 1.82) is 0 Å². The number of quaternary nitrogens is 1. The summed E-state index contributed by atoms with van der Waals surface area (Å²) in [6, 6.07) is 0. The summed E-state index contributed by atoms with van der Waals surface area (Å²) in [5.41, 5.74) is 0. The molecule has 0 aromatic rings. The van der Waals surface area contributed by atoms with Gasteiger partial charge in [-0.2, -0.15) is 0 Å². The molecule has 0 bridgehead atoms. The Kier molecular flexibility index (Phi) is 6.95. The lowest BCUT2D eigenvalue weighted by molar-refractivity contribution is -0.879. The summed E-state index contributed by atoms with van der Waals surface area (Å²) in [5, 5.41) is 0. The largest absolute Gasteiger partial charge is 0.748 e. The fraction of sp³-hybridized carbons (Fsp3) is 0.667. The molecule has 0 saturated heterocycles. The predicted octanol–water partition coefficient (Wildman–Crippen LogP) is -1.83. The smallest absolute Gasteiger partial charge is 0.330 e. The molecule has 1 atom stereocenters. The first-order valence-electron chi connectivity index (χ1n) is 4.89. The number of hydrogen-bond acceptors (Lipinski definition) is 5. The summed E-state index contributed by atoms with van der Waals surface area (Å²) in [4.78, 5) is 11.7. The van der Waals surface area contributed by atoms with Gasteiger partial charge in [0, 0.05) is 18.2 Å². The lowest BCUT2D eigenvalue weighted by Gasteiger charge is -2.14. The molecular formula is C9H17NO5S. The monoisotopic (exact) mass is 251 g/mol. The molecule has 0 saturated carbocycles. The lowest BCUT2D eigenvalue weighted by Crippen LogP contribution is -3.09. The fourth-order valence-electron chi connectivity index (χ4n) is 1.06. The quantitative estimate of drug-likeness (QED) is 0.311. The molecule has 0 aromatic carbocycles. The molecule has 0 amide bonds. The molecule has 0 aromatic heterocycles. The van der Waals surface area contributed by atoms with Crippen LogP contribution < -0.4 is 4.90 Å². The van der Waals surface area contributed by atoms with Gasteiger partial charge in [-0.15, -0.1) is 0 Å². The van der Waals surface area contributed by atoms with E-state index < -0.39 is 16.1 Å². The van der Waals surface area contributed by atoms with E-state index in [1.54, 1.807) is 0 Å². The van der Waals surface area contributed by atoms with Gasteiger partial charge in [0.25, 0.3) is 0 Å². The Morgan fingerprint density at radius 1 is 1.50 bits per heavy atom. The minimum atomic E-state index is -4.12. The van der Waals surface area contributed by atoms with E-state index in [-0.39, 0.29) is 12.4 Å². The summed E-state index contributed by atoms with van der Waals surface area (Å²) >= 11 is 0. The number of ether oxygens (including phenoxy) is 1. The van der Waals surface area contributed by atoms with E-state index in [0.717, 1.165) is 11.0 Å². The van der Waals surface area contributed by atoms with E-state index in [1.807, 2.05) is 7.05 Å². The number of carbonyl (C=O) groups excluding carboxylic acids is 1. The van der Waals surface area contributed by atoms with Crippen molar-refractivity contribution in [2.24, 2.45) is 0 Å². The molecule has 16 heavy (non-hydrogen) atoms. The number of nitrogens with one attached hydrogen (secondary N) is 1. The van der Waals surface area contributed by atoms with Crippen LogP contribution in [0, 0.1) is 0 Å². The van der Waals surface area contributed by atoms with E-state index in [4.69, 9.17) is 4.74 Å². The number of hydrogen-bond donors (Lipinski definition) is 1. The Labute approximate surface area is 95.6 Å². The molecule has 0 spiro atoms. The van der Waals surface area contributed by atoms with Crippen molar-refractivity contribution >= 4 is 16.1 Å². The number of rotatable bonds is 8. The Bertz CT molecular complexity index is 325. The molecule has 0 radical (unpaired) electrons. The van der Waals surface area contributed by atoms with E-state index in [0.29, 0.717) is 19.5 Å². The van der Waals surface area contributed by atoms with Gasteiger partial charge in [-0.1, -0.05) is 6.58 Å². The first-order chi connectivity index (χ1) is 7.35. The molecule has 1 N–H and O–H groups in total. The molecule has 0 aliphatic rings. The van der Waals surface area contributed by atoms with E-state index >= 15 is 0 Å². The number of esters is 1. The summed E-state index contributed by atoms with van der Waals surface area (Å²) in [5.74, 6) is -0.827. The van der Waals surface area contributed by atoms with Crippen molar-refractivity contribution in [3.05, 3.63) is 12.7 Å². The Morgan fingerprint density at radius 3 is 2.62 bits per heavy atom. The maximum atomic E-state index is 10.7. The van der Waals surface area contributed by atoms with Gasteiger partial charge < -0.3 is 14.2 Å². The molecule has 0 fully saturated rings. The fourth-order valence-corrected chi connectivity index (χ4v) is 1.56. The van der Waals surface area contributed by atoms with Gasteiger partial charge >= 0.3 is 5.97 Å². The Morgan fingerprint density at radius 2 is 2.12 bits per heavy atom. The van der Waals surface area contributed by atoms with Crippen molar-refractivity contribution in [3.63, 3.8) is 0 Å². The van der Waals surface area contributed by atoms with Crippen molar-refractivity contribution in [2.75, 3.05) is 32.5 Å². The zero-order valence-corrected chi connectivity index (χ0v) is 10.1. The molecule has 0 heterocycles. The van der Waals surface area contributed by atoms with Crippen LogP contribution in [0.5, 0.6) is 0 Å². The molecule has 1 unspecified atom stereocenters. The molecule has 0 aliphatic carbocycles. The molecule has 94 valence electrons. The average molecular weight is 251 g/mol. The second kappa shape index (κ2) is 7.37.